The van der Waals surface area contributed by atoms with Gasteiger partial charge in [-0.25, -0.2) is 9.37 Å². The third-order valence-electron chi connectivity index (χ3n) is 7.79. The van der Waals surface area contributed by atoms with Gasteiger partial charge in [0.1, 0.15) is 11.6 Å². The normalized spacial score (nSPS) is 17.3. The zero-order chi connectivity index (χ0) is 28.3. The molecule has 2 saturated heterocycles. The summed E-state index contributed by atoms with van der Waals surface area (Å²) in [6, 6.07) is 19.2. The summed E-state index contributed by atoms with van der Waals surface area (Å²) >= 11 is 0. The second-order valence-corrected chi connectivity index (χ2v) is 10.7. The van der Waals surface area contributed by atoms with E-state index in [0.29, 0.717) is 48.1 Å². The molecule has 212 valence electrons. The van der Waals surface area contributed by atoms with Crippen LogP contribution in [0.3, 0.4) is 0 Å². The van der Waals surface area contributed by atoms with Crippen molar-refractivity contribution >= 4 is 33.8 Å². The summed E-state index contributed by atoms with van der Waals surface area (Å²) in [6.45, 7) is 8.78. The molecule has 6 rings (SSSR count). The SMILES string of the molecule is C=C(Nc1ccc(Oc2ccnc(N3CCC(N(C)C)C3)n2)c2ccccc12)c1cc(F)cc(N2CCOCC2)c1. The Morgan fingerprint density at radius 2 is 1.83 bits per heavy atom. The minimum absolute atomic E-state index is 0.295. The van der Waals surface area contributed by atoms with Crippen molar-refractivity contribution < 1.29 is 13.9 Å². The molecule has 8 nitrogen and oxygen atoms in total. The minimum Gasteiger partial charge on any atom is -0.438 e. The lowest BCUT2D eigenvalue weighted by atomic mass is 10.1. The Labute approximate surface area is 240 Å². The van der Waals surface area contributed by atoms with Crippen molar-refractivity contribution in [3.05, 3.63) is 84.8 Å². The number of rotatable bonds is 8. The lowest BCUT2D eigenvalue weighted by Crippen LogP contribution is -2.36. The lowest BCUT2D eigenvalue weighted by molar-refractivity contribution is 0.122. The van der Waals surface area contributed by atoms with E-state index in [1.54, 1.807) is 18.3 Å². The second kappa shape index (κ2) is 11.7. The molecule has 4 aromatic rings. The van der Waals surface area contributed by atoms with Crippen LogP contribution in [0.5, 0.6) is 11.6 Å². The summed E-state index contributed by atoms with van der Waals surface area (Å²) in [5.41, 5.74) is 2.99. The first-order valence-electron chi connectivity index (χ1n) is 14.0. The van der Waals surface area contributed by atoms with E-state index < -0.39 is 0 Å². The van der Waals surface area contributed by atoms with Gasteiger partial charge in [-0.05, 0) is 50.8 Å². The van der Waals surface area contributed by atoms with Crippen LogP contribution < -0.4 is 19.9 Å². The number of halogens is 1. The third-order valence-corrected chi connectivity index (χ3v) is 7.79. The van der Waals surface area contributed by atoms with Gasteiger partial charge in [0, 0.05) is 77.9 Å². The van der Waals surface area contributed by atoms with Gasteiger partial charge in [0.25, 0.3) is 0 Å². The maximum atomic E-state index is 14.6. The Morgan fingerprint density at radius 1 is 1.02 bits per heavy atom. The molecular weight excluding hydrogens is 519 g/mol. The summed E-state index contributed by atoms with van der Waals surface area (Å²) in [7, 11) is 4.21. The molecule has 1 atom stereocenters. The first-order chi connectivity index (χ1) is 19.9. The Hall–Kier alpha value is -4.21. The molecule has 0 radical (unpaired) electrons. The molecule has 0 bridgehead atoms. The highest BCUT2D eigenvalue weighted by atomic mass is 19.1. The largest absolute Gasteiger partial charge is 0.438 e. The van der Waals surface area contributed by atoms with Crippen LogP contribution in [-0.2, 0) is 4.74 Å². The van der Waals surface area contributed by atoms with Crippen LogP contribution in [0, 0.1) is 5.82 Å². The number of aromatic nitrogens is 2. The number of benzene rings is 3. The molecule has 2 aliphatic heterocycles. The monoisotopic (exact) mass is 554 g/mol. The fourth-order valence-corrected chi connectivity index (χ4v) is 5.46. The summed E-state index contributed by atoms with van der Waals surface area (Å²) in [5, 5.41) is 5.29. The van der Waals surface area contributed by atoms with Crippen LogP contribution in [0.25, 0.3) is 16.5 Å². The van der Waals surface area contributed by atoms with Crippen molar-refractivity contribution in [2.45, 2.75) is 12.5 Å². The summed E-state index contributed by atoms with van der Waals surface area (Å²) in [6.07, 6.45) is 2.82. The third kappa shape index (κ3) is 5.96. The fourth-order valence-electron chi connectivity index (χ4n) is 5.46. The zero-order valence-electron chi connectivity index (χ0n) is 23.5. The molecule has 2 aliphatic rings. The van der Waals surface area contributed by atoms with E-state index in [2.05, 4.69) is 45.7 Å². The number of fused-ring (bicyclic) bond motifs is 1. The van der Waals surface area contributed by atoms with Crippen LogP contribution in [0.1, 0.15) is 12.0 Å². The Bertz CT molecular complexity index is 1550. The Balaban J connectivity index is 1.22. The molecule has 1 unspecified atom stereocenters. The van der Waals surface area contributed by atoms with Crippen LogP contribution in [0.4, 0.5) is 21.7 Å². The van der Waals surface area contributed by atoms with Gasteiger partial charge < -0.3 is 29.5 Å². The van der Waals surface area contributed by atoms with E-state index in [-0.39, 0.29) is 5.82 Å². The molecule has 0 spiro atoms. The van der Waals surface area contributed by atoms with Crippen molar-refractivity contribution in [1.29, 1.82) is 0 Å². The van der Waals surface area contributed by atoms with Crippen LogP contribution in [-0.4, -0.2) is 74.4 Å². The minimum atomic E-state index is -0.295. The van der Waals surface area contributed by atoms with E-state index >= 15 is 0 Å². The average molecular weight is 555 g/mol. The topological polar surface area (TPSA) is 66.0 Å². The predicted octanol–water partition coefficient (Wildman–Crippen LogP) is 5.62. The van der Waals surface area contributed by atoms with Gasteiger partial charge in [-0.3, -0.25) is 0 Å². The molecule has 1 N–H and O–H groups in total. The molecule has 0 aliphatic carbocycles. The van der Waals surface area contributed by atoms with Gasteiger partial charge in [-0.15, -0.1) is 0 Å². The highest BCUT2D eigenvalue weighted by Crippen LogP contribution is 2.36. The number of anilines is 3. The van der Waals surface area contributed by atoms with Crippen molar-refractivity contribution in [1.82, 2.24) is 14.9 Å². The van der Waals surface area contributed by atoms with Crippen LogP contribution in [0.2, 0.25) is 0 Å². The molecule has 3 heterocycles. The van der Waals surface area contributed by atoms with Gasteiger partial charge in [-0.1, -0.05) is 30.8 Å². The highest BCUT2D eigenvalue weighted by molar-refractivity contribution is 6.00. The molecule has 41 heavy (non-hydrogen) atoms. The quantitative estimate of drug-likeness (QED) is 0.301. The lowest BCUT2D eigenvalue weighted by Gasteiger charge is -2.29. The Morgan fingerprint density at radius 3 is 2.61 bits per heavy atom. The molecule has 0 saturated carbocycles. The summed E-state index contributed by atoms with van der Waals surface area (Å²) in [4.78, 5) is 15.8. The molecule has 2 fully saturated rings. The fraction of sp³-hybridized carbons (Fsp3) is 0.312. The van der Waals surface area contributed by atoms with E-state index in [4.69, 9.17) is 14.5 Å². The number of nitrogens with zero attached hydrogens (tertiary/aromatic N) is 5. The van der Waals surface area contributed by atoms with Crippen molar-refractivity contribution in [2.75, 3.05) is 68.6 Å². The first-order valence-corrected chi connectivity index (χ1v) is 14.0. The van der Waals surface area contributed by atoms with Crippen LogP contribution in [0.15, 0.2) is 73.4 Å². The maximum Gasteiger partial charge on any atom is 0.228 e. The molecule has 0 amide bonds. The molecule has 1 aromatic heterocycles. The van der Waals surface area contributed by atoms with Crippen LogP contribution >= 0.6 is 0 Å². The number of nitrogens with one attached hydrogen (secondary N) is 1. The number of likely N-dealkylation sites (N-methyl/N-ethyl adjacent to an activating group) is 1. The first kappa shape index (κ1) is 27.0. The van der Waals surface area contributed by atoms with Gasteiger partial charge in [0.05, 0.1) is 13.2 Å². The van der Waals surface area contributed by atoms with Crippen molar-refractivity contribution in [2.24, 2.45) is 0 Å². The number of ether oxygens (including phenoxy) is 2. The summed E-state index contributed by atoms with van der Waals surface area (Å²) < 4.78 is 26.4. The average Bonchev–Trinajstić information content (AvgIpc) is 3.50. The summed E-state index contributed by atoms with van der Waals surface area (Å²) in [5.74, 6) is 1.57. The van der Waals surface area contributed by atoms with E-state index in [0.717, 1.165) is 54.7 Å². The number of hydrogen-bond donors (Lipinski definition) is 1. The smallest absolute Gasteiger partial charge is 0.228 e. The highest BCUT2D eigenvalue weighted by Gasteiger charge is 2.26. The van der Waals surface area contributed by atoms with E-state index in [1.807, 2.05) is 42.5 Å². The molecule has 3 aromatic carbocycles. The van der Waals surface area contributed by atoms with E-state index in [9.17, 15) is 4.39 Å². The van der Waals surface area contributed by atoms with Crippen molar-refractivity contribution in [3.8, 4) is 11.6 Å². The predicted molar refractivity (Wildman–Crippen MR) is 162 cm³/mol. The molecular formula is C32H35FN6O2. The van der Waals surface area contributed by atoms with Gasteiger partial charge in [-0.2, -0.15) is 4.98 Å². The standard InChI is InChI=1S/C32H35FN6O2/c1-22(23-18-24(33)20-26(19-23)38-14-16-40-17-15-38)35-29-8-9-30(28-7-5-4-6-27(28)29)41-31-10-12-34-32(36-31)39-13-11-25(21-39)37(2)3/h4-10,12,18-20,25,35H,1,11,13-17,21H2,2-3H3. The number of morpholine rings is 1. The van der Waals surface area contributed by atoms with Gasteiger partial charge in [0.15, 0.2) is 0 Å². The molecule has 9 heteroatoms. The Kier molecular flexibility index (Phi) is 7.71. The zero-order valence-corrected chi connectivity index (χ0v) is 23.5. The van der Waals surface area contributed by atoms with E-state index in [1.165, 1.54) is 6.07 Å². The van der Waals surface area contributed by atoms with Gasteiger partial charge in [0.2, 0.25) is 11.8 Å². The van der Waals surface area contributed by atoms with Gasteiger partial charge >= 0.3 is 0 Å². The second-order valence-electron chi connectivity index (χ2n) is 10.7. The number of hydrogen-bond acceptors (Lipinski definition) is 8. The van der Waals surface area contributed by atoms with Crippen molar-refractivity contribution in [3.63, 3.8) is 0 Å². The maximum absolute atomic E-state index is 14.6.